The lowest BCUT2D eigenvalue weighted by atomic mass is 9.92. The third-order valence-corrected chi connectivity index (χ3v) is 3.04. The van der Waals surface area contributed by atoms with Gasteiger partial charge in [-0.05, 0) is 6.92 Å². The van der Waals surface area contributed by atoms with Crippen LogP contribution in [-0.2, 0) is 19.2 Å². The van der Waals surface area contributed by atoms with Gasteiger partial charge in [0.05, 0.1) is 30.4 Å². The minimum atomic E-state index is -1.77. The molecule has 132 valence electrons. The Morgan fingerprint density at radius 3 is 1.70 bits per heavy atom. The van der Waals surface area contributed by atoms with Crippen molar-refractivity contribution < 1.29 is 39.6 Å². The van der Waals surface area contributed by atoms with Crippen molar-refractivity contribution in [2.24, 2.45) is 0 Å². The number of nitrogens with one attached hydrogen (secondary N) is 2. The Labute approximate surface area is 132 Å². The molecule has 0 spiro atoms. The molecule has 0 rings (SSSR count). The van der Waals surface area contributed by atoms with Crippen molar-refractivity contribution >= 4 is 23.6 Å². The molecule has 23 heavy (non-hydrogen) atoms. The van der Waals surface area contributed by atoms with E-state index in [4.69, 9.17) is 5.11 Å². The van der Waals surface area contributed by atoms with Crippen molar-refractivity contribution in [1.82, 2.24) is 10.6 Å². The molecule has 5 atom stereocenters. The first-order chi connectivity index (χ1) is 10.5. The first-order valence-corrected chi connectivity index (χ1v) is 6.81. The number of carboxylic acids is 1. The zero-order chi connectivity index (χ0) is 18.3. The number of aliphatic hydroxyl groups excluding tert-OH is 3. The molecule has 0 aliphatic heterocycles. The molecular weight excluding hydrogens is 312 g/mol. The normalized spacial score (nSPS) is 17.3. The second-order valence-electron chi connectivity index (χ2n) is 5.18. The second kappa shape index (κ2) is 9.18. The lowest BCUT2D eigenvalue weighted by Gasteiger charge is -2.34. The predicted molar refractivity (Wildman–Crippen MR) is 76.2 cm³/mol. The summed E-state index contributed by atoms with van der Waals surface area (Å²) in [7, 11) is 0. The summed E-state index contributed by atoms with van der Waals surface area (Å²) in [5.74, 6) is -4.32. The Balaban J connectivity index is 5.32. The molecule has 0 aromatic heterocycles. The lowest BCUT2D eigenvalue weighted by molar-refractivity contribution is -0.150. The fraction of sp³-hybridized carbons (Fsp3) is 0.692. The highest BCUT2D eigenvalue weighted by Crippen LogP contribution is 2.12. The molecule has 0 unspecified atom stereocenters. The van der Waals surface area contributed by atoms with Gasteiger partial charge in [0.1, 0.15) is 0 Å². The van der Waals surface area contributed by atoms with E-state index in [1.165, 1.54) is 6.92 Å². The summed E-state index contributed by atoms with van der Waals surface area (Å²) in [6, 6.07) is -2.72. The van der Waals surface area contributed by atoms with Crippen LogP contribution in [0.1, 0.15) is 27.2 Å². The number of Topliss-reactive ketones (excluding diaryl/α,β-unsaturated/α-hetero) is 1. The summed E-state index contributed by atoms with van der Waals surface area (Å²) in [6.45, 7) is 3.49. The minimum absolute atomic E-state index is 0.576. The van der Waals surface area contributed by atoms with Crippen LogP contribution in [0.25, 0.3) is 0 Å². The lowest BCUT2D eigenvalue weighted by Crippen LogP contribution is -2.61. The van der Waals surface area contributed by atoms with Gasteiger partial charge in [-0.1, -0.05) is 0 Å². The van der Waals surface area contributed by atoms with Crippen LogP contribution in [0, 0.1) is 0 Å². The quantitative estimate of drug-likeness (QED) is 0.244. The van der Waals surface area contributed by atoms with Crippen LogP contribution < -0.4 is 10.6 Å². The Morgan fingerprint density at radius 1 is 0.913 bits per heavy atom. The first-order valence-electron chi connectivity index (χ1n) is 6.81. The predicted octanol–water partition coefficient (Wildman–Crippen LogP) is -2.86. The molecule has 0 aromatic carbocycles. The summed E-state index contributed by atoms with van der Waals surface area (Å²) in [5.41, 5.74) is 0. The molecule has 0 aliphatic carbocycles. The van der Waals surface area contributed by atoms with Crippen LogP contribution in [0.2, 0.25) is 0 Å². The molecule has 10 heteroatoms. The number of aliphatic hydroxyl groups is 3. The van der Waals surface area contributed by atoms with E-state index in [0.717, 1.165) is 13.8 Å². The number of carbonyl (C=O) groups excluding carboxylic acids is 3. The van der Waals surface area contributed by atoms with Crippen LogP contribution in [0.15, 0.2) is 0 Å². The fourth-order valence-electron chi connectivity index (χ4n) is 2.00. The fourth-order valence-corrected chi connectivity index (χ4v) is 2.00. The molecule has 10 nitrogen and oxygen atoms in total. The third kappa shape index (κ3) is 7.17. The van der Waals surface area contributed by atoms with Gasteiger partial charge >= 0.3 is 5.97 Å². The number of ketones is 1. The average Bonchev–Trinajstić information content (AvgIpc) is 2.40. The highest BCUT2D eigenvalue weighted by Gasteiger charge is 2.37. The topological polar surface area (TPSA) is 173 Å². The molecule has 2 amide bonds. The maximum atomic E-state index is 11.2. The number of hydrogen-bond donors (Lipinski definition) is 6. The van der Waals surface area contributed by atoms with E-state index in [9.17, 15) is 34.5 Å². The zero-order valence-corrected chi connectivity index (χ0v) is 13.0. The molecule has 0 heterocycles. The first kappa shape index (κ1) is 21.0. The molecule has 0 aromatic rings. The van der Waals surface area contributed by atoms with Gasteiger partial charge < -0.3 is 31.1 Å². The molecular formula is C13H22N2O8. The van der Waals surface area contributed by atoms with Crippen molar-refractivity contribution in [3.8, 4) is 0 Å². The van der Waals surface area contributed by atoms with E-state index >= 15 is 0 Å². The second-order valence-corrected chi connectivity index (χ2v) is 5.18. The van der Waals surface area contributed by atoms with Crippen LogP contribution in [0.4, 0.5) is 0 Å². The number of amides is 2. The van der Waals surface area contributed by atoms with Crippen LogP contribution >= 0.6 is 0 Å². The molecule has 0 radical (unpaired) electrons. The van der Waals surface area contributed by atoms with Gasteiger partial charge in [0, 0.05) is 20.3 Å². The molecule has 0 fully saturated rings. The van der Waals surface area contributed by atoms with E-state index in [0.29, 0.717) is 0 Å². The molecule has 6 N–H and O–H groups in total. The zero-order valence-electron chi connectivity index (χ0n) is 13.0. The number of aliphatic carboxylic acids is 1. The van der Waals surface area contributed by atoms with Crippen molar-refractivity contribution in [2.45, 2.75) is 57.6 Å². The van der Waals surface area contributed by atoms with Crippen LogP contribution in [0.3, 0.4) is 0 Å². The Kier molecular flexibility index (Phi) is 8.36. The van der Waals surface area contributed by atoms with Crippen molar-refractivity contribution in [1.29, 1.82) is 0 Å². The van der Waals surface area contributed by atoms with E-state index < -0.39 is 60.4 Å². The van der Waals surface area contributed by atoms with Gasteiger partial charge in [-0.25, -0.2) is 4.79 Å². The number of hydrogen-bond acceptors (Lipinski definition) is 7. The van der Waals surface area contributed by atoms with Crippen LogP contribution in [-0.4, -0.2) is 74.4 Å². The SMILES string of the molecule is CC(=O)N[C@H]([C@H](O)[C@@H](NC(C)=O)[C@H](O)CC(=O)C(=O)O)[C@H](C)O. The molecule has 0 bridgehead atoms. The van der Waals surface area contributed by atoms with E-state index in [2.05, 4.69) is 10.6 Å². The molecule has 0 saturated carbocycles. The van der Waals surface area contributed by atoms with Crippen molar-refractivity contribution in [2.75, 3.05) is 0 Å². The largest absolute Gasteiger partial charge is 0.475 e. The van der Waals surface area contributed by atoms with Gasteiger partial charge in [-0.2, -0.15) is 0 Å². The summed E-state index contributed by atoms with van der Waals surface area (Å²) >= 11 is 0. The van der Waals surface area contributed by atoms with E-state index in [-0.39, 0.29) is 0 Å². The van der Waals surface area contributed by atoms with Gasteiger partial charge in [0.25, 0.3) is 0 Å². The van der Waals surface area contributed by atoms with Crippen molar-refractivity contribution in [3.05, 3.63) is 0 Å². The van der Waals surface area contributed by atoms with E-state index in [1.807, 2.05) is 0 Å². The van der Waals surface area contributed by atoms with Gasteiger partial charge in [0.2, 0.25) is 17.6 Å². The third-order valence-electron chi connectivity index (χ3n) is 3.04. The van der Waals surface area contributed by atoms with E-state index in [1.54, 1.807) is 0 Å². The van der Waals surface area contributed by atoms with Gasteiger partial charge in [0.15, 0.2) is 0 Å². The summed E-state index contributed by atoms with van der Waals surface area (Å²) in [4.78, 5) is 44.0. The van der Waals surface area contributed by atoms with Crippen LogP contribution in [0.5, 0.6) is 0 Å². The Bertz CT molecular complexity index is 465. The average molecular weight is 334 g/mol. The van der Waals surface area contributed by atoms with Gasteiger partial charge in [-0.3, -0.25) is 14.4 Å². The highest BCUT2D eigenvalue weighted by atomic mass is 16.4. The number of rotatable bonds is 9. The minimum Gasteiger partial charge on any atom is -0.475 e. The summed E-state index contributed by atoms with van der Waals surface area (Å²) in [5, 5.41) is 42.8. The number of carboxylic acid groups (broad SMARTS) is 1. The standard InChI is InChI=1S/C13H22N2O8/c1-5(16)10(14-6(2)17)12(21)11(15-7(3)18)8(19)4-9(20)13(22)23/h5,8,10-12,16,19,21H,4H2,1-3H3,(H,14,17)(H,15,18)(H,22,23)/t5-,8+,10-,11-,12-/m0/s1. The maximum absolute atomic E-state index is 11.2. The molecule has 0 saturated heterocycles. The van der Waals surface area contributed by atoms with Gasteiger partial charge in [-0.15, -0.1) is 0 Å². The summed E-state index contributed by atoms with van der Waals surface area (Å²) in [6.07, 6.45) is -5.50. The molecule has 0 aliphatic rings. The highest BCUT2D eigenvalue weighted by molar-refractivity contribution is 6.32. The Morgan fingerprint density at radius 2 is 1.35 bits per heavy atom. The smallest absolute Gasteiger partial charge is 0.372 e. The monoisotopic (exact) mass is 334 g/mol. The van der Waals surface area contributed by atoms with Crippen molar-refractivity contribution in [3.63, 3.8) is 0 Å². The number of carbonyl (C=O) groups is 4. The Hall–Kier alpha value is -2.04. The maximum Gasteiger partial charge on any atom is 0.372 e. The summed E-state index contributed by atoms with van der Waals surface area (Å²) < 4.78 is 0.